The van der Waals surface area contributed by atoms with Gasteiger partial charge in [0.1, 0.15) is 0 Å². The van der Waals surface area contributed by atoms with Gasteiger partial charge in [-0.05, 0) is 92.1 Å². The maximum atomic E-state index is 6.46. The van der Waals surface area contributed by atoms with Crippen LogP contribution in [-0.4, -0.2) is 0 Å². The van der Waals surface area contributed by atoms with Gasteiger partial charge in [-0.15, -0.1) is 0 Å². The van der Waals surface area contributed by atoms with Gasteiger partial charge in [-0.1, -0.05) is 39.7 Å². The molecule has 0 saturated heterocycles. The lowest BCUT2D eigenvalue weighted by Crippen LogP contribution is -2.06. The maximum absolute atomic E-state index is 6.46. The fourth-order valence-corrected chi connectivity index (χ4v) is 4.46. The molecule has 0 bridgehead atoms. The van der Waals surface area contributed by atoms with E-state index in [0.717, 1.165) is 10.6 Å². The Morgan fingerprint density at radius 2 is 1.29 bits per heavy atom. The molecule has 0 saturated carbocycles. The van der Waals surface area contributed by atoms with Crippen molar-refractivity contribution in [3.05, 3.63) is 67.7 Å². The number of aryl methyl sites for hydroxylation is 1. The van der Waals surface area contributed by atoms with Crippen molar-refractivity contribution in [1.82, 2.24) is 0 Å². The molecule has 0 aliphatic rings. The van der Waals surface area contributed by atoms with E-state index >= 15 is 0 Å². The average molecular weight is 366 g/mol. The molecule has 2 rings (SSSR count). The molecule has 0 nitrogen and oxygen atoms in total. The van der Waals surface area contributed by atoms with Crippen molar-refractivity contribution < 1.29 is 0 Å². The molecule has 1 unspecified atom stereocenters. The molecule has 1 atom stereocenters. The van der Waals surface area contributed by atoms with Gasteiger partial charge in [0.2, 0.25) is 0 Å². The smallest absolute Gasteiger partial charge is 0.0664 e. The van der Waals surface area contributed by atoms with Crippen LogP contribution < -0.4 is 0 Å². The zero-order valence-corrected chi connectivity index (χ0v) is 15.9. The van der Waals surface area contributed by atoms with Gasteiger partial charge in [-0.25, -0.2) is 0 Å². The molecule has 0 aliphatic heterocycles. The van der Waals surface area contributed by atoms with Crippen LogP contribution in [0, 0.1) is 41.5 Å². The van der Waals surface area contributed by atoms with Gasteiger partial charge in [0.25, 0.3) is 0 Å². The quantitative estimate of drug-likeness (QED) is 0.521. The molecule has 112 valence electrons. The van der Waals surface area contributed by atoms with Crippen LogP contribution in [0.25, 0.3) is 0 Å². The molecule has 2 aromatic carbocycles. The highest BCUT2D eigenvalue weighted by molar-refractivity contribution is 9.09. The molecule has 0 aromatic heterocycles. The van der Waals surface area contributed by atoms with Gasteiger partial charge >= 0.3 is 0 Å². The fraction of sp³-hybridized carbons (Fsp3) is 0.368. The number of benzene rings is 2. The average Bonchev–Trinajstić information content (AvgIpc) is 2.43. The minimum atomic E-state index is 0.128. The Balaban J connectivity index is 2.66. The van der Waals surface area contributed by atoms with Gasteiger partial charge in [-0.3, -0.25) is 0 Å². The summed E-state index contributed by atoms with van der Waals surface area (Å²) in [6.45, 7) is 13.1. The molecule has 0 spiro atoms. The summed E-state index contributed by atoms with van der Waals surface area (Å²) in [6, 6.07) is 6.28. The van der Waals surface area contributed by atoms with Crippen LogP contribution in [0.15, 0.2) is 18.2 Å². The highest BCUT2D eigenvalue weighted by atomic mass is 79.9. The lowest BCUT2D eigenvalue weighted by atomic mass is 9.86. The number of halogens is 2. The highest BCUT2D eigenvalue weighted by Gasteiger charge is 2.21. The van der Waals surface area contributed by atoms with Crippen LogP contribution in [0.2, 0.25) is 5.02 Å². The fourth-order valence-electron chi connectivity index (χ4n) is 2.90. The van der Waals surface area contributed by atoms with Crippen LogP contribution in [0.1, 0.15) is 49.3 Å². The molecular weight excluding hydrogens is 344 g/mol. The first kappa shape index (κ1) is 16.6. The van der Waals surface area contributed by atoms with E-state index in [4.69, 9.17) is 11.6 Å². The minimum absolute atomic E-state index is 0.128. The van der Waals surface area contributed by atoms with E-state index in [1.54, 1.807) is 0 Å². The summed E-state index contributed by atoms with van der Waals surface area (Å²) < 4.78 is 0. The van der Waals surface area contributed by atoms with Crippen molar-refractivity contribution >= 4 is 27.5 Å². The topological polar surface area (TPSA) is 0 Å². The van der Waals surface area contributed by atoms with E-state index in [1.807, 2.05) is 6.07 Å². The van der Waals surface area contributed by atoms with Crippen molar-refractivity contribution in [2.75, 3.05) is 0 Å². The molecule has 0 N–H and O–H groups in total. The van der Waals surface area contributed by atoms with E-state index in [9.17, 15) is 0 Å². The van der Waals surface area contributed by atoms with Gasteiger partial charge in [-0.2, -0.15) is 0 Å². The van der Waals surface area contributed by atoms with Crippen molar-refractivity contribution in [2.24, 2.45) is 0 Å². The van der Waals surface area contributed by atoms with Gasteiger partial charge in [0.05, 0.1) is 4.83 Å². The SMILES string of the molecule is Cc1ccc(C(Br)c2c(C)c(C)c(C)c(C)c2C)c(Cl)c1. The summed E-state index contributed by atoms with van der Waals surface area (Å²) >= 11 is 10.3. The molecule has 0 aliphatic carbocycles. The zero-order valence-electron chi connectivity index (χ0n) is 13.6. The molecule has 2 aromatic rings. The first-order valence-electron chi connectivity index (χ1n) is 7.22. The maximum Gasteiger partial charge on any atom is 0.0664 e. The van der Waals surface area contributed by atoms with Crippen molar-refractivity contribution in [2.45, 2.75) is 46.4 Å². The van der Waals surface area contributed by atoms with E-state index < -0.39 is 0 Å². The van der Waals surface area contributed by atoms with E-state index in [2.05, 4.69) is 69.6 Å². The third kappa shape index (κ3) is 2.91. The molecule has 0 fully saturated rings. The van der Waals surface area contributed by atoms with Crippen LogP contribution in [-0.2, 0) is 0 Å². The van der Waals surface area contributed by atoms with Crippen LogP contribution >= 0.6 is 27.5 Å². The second-order valence-corrected chi connectivity index (χ2v) is 7.25. The summed E-state index contributed by atoms with van der Waals surface area (Å²) in [5.74, 6) is 0. The number of hydrogen-bond donors (Lipinski definition) is 0. The highest BCUT2D eigenvalue weighted by Crippen LogP contribution is 2.41. The number of rotatable bonds is 2. The van der Waals surface area contributed by atoms with Crippen molar-refractivity contribution in [3.8, 4) is 0 Å². The van der Waals surface area contributed by atoms with E-state index in [0.29, 0.717) is 0 Å². The summed E-state index contributed by atoms with van der Waals surface area (Å²) in [5.41, 5.74) is 10.5. The molecule has 2 heteroatoms. The molecule has 0 amide bonds. The van der Waals surface area contributed by atoms with Crippen LogP contribution in [0.5, 0.6) is 0 Å². The van der Waals surface area contributed by atoms with Gasteiger partial charge in [0.15, 0.2) is 0 Å². The number of alkyl halides is 1. The first-order chi connectivity index (χ1) is 9.75. The predicted molar refractivity (Wildman–Crippen MR) is 97.1 cm³/mol. The Kier molecular flexibility index (Phi) is 4.85. The molecular formula is C19H22BrCl. The summed E-state index contributed by atoms with van der Waals surface area (Å²) in [6.07, 6.45) is 0. The van der Waals surface area contributed by atoms with Crippen LogP contribution in [0.3, 0.4) is 0 Å². The second kappa shape index (κ2) is 6.14. The first-order valence-corrected chi connectivity index (χ1v) is 8.52. The Morgan fingerprint density at radius 1 is 0.810 bits per heavy atom. The van der Waals surface area contributed by atoms with Gasteiger partial charge < -0.3 is 0 Å². The molecule has 0 heterocycles. The summed E-state index contributed by atoms with van der Waals surface area (Å²) in [7, 11) is 0. The second-order valence-electron chi connectivity index (χ2n) is 5.93. The van der Waals surface area contributed by atoms with E-state index in [-0.39, 0.29) is 4.83 Å². The van der Waals surface area contributed by atoms with Crippen molar-refractivity contribution in [1.29, 1.82) is 0 Å². The Labute approximate surface area is 141 Å². The third-order valence-electron chi connectivity index (χ3n) is 4.74. The van der Waals surface area contributed by atoms with Crippen molar-refractivity contribution in [3.63, 3.8) is 0 Å². The zero-order chi connectivity index (χ0) is 15.9. The van der Waals surface area contributed by atoms with Crippen LogP contribution in [0.4, 0.5) is 0 Å². The minimum Gasteiger partial charge on any atom is -0.0840 e. The van der Waals surface area contributed by atoms with E-state index in [1.165, 1.54) is 38.9 Å². The third-order valence-corrected chi connectivity index (χ3v) is 6.02. The van der Waals surface area contributed by atoms with Gasteiger partial charge in [0, 0.05) is 5.02 Å². The lowest BCUT2D eigenvalue weighted by Gasteiger charge is -2.23. The Bertz CT molecular complexity index is 672. The normalized spacial score (nSPS) is 12.6. The summed E-state index contributed by atoms with van der Waals surface area (Å²) in [4.78, 5) is 0.128. The largest absolute Gasteiger partial charge is 0.0840 e. The Hall–Kier alpha value is -0.790. The Morgan fingerprint density at radius 3 is 1.76 bits per heavy atom. The predicted octanol–water partition coefficient (Wildman–Crippen LogP) is 6.67. The monoisotopic (exact) mass is 364 g/mol. The number of hydrogen-bond acceptors (Lipinski definition) is 0. The summed E-state index contributed by atoms with van der Waals surface area (Å²) in [5, 5.41) is 0.826. The molecule has 21 heavy (non-hydrogen) atoms. The lowest BCUT2D eigenvalue weighted by molar-refractivity contribution is 1.05. The standard InChI is InChI=1S/C19H22BrCl/c1-10-7-8-16(17(21)9-10)19(20)18-14(5)12(3)11(2)13(4)15(18)6/h7-9,19H,1-6H3. The molecule has 0 radical (unpaired) electrons.